The van der Waals surface area contributed by atoms with E-state index in [1.54, 1.807) is 11.0 Å². The zero-order valence-electron chi connectivity index (χ0n) is 22.1. The fraction of sp³-hybridized carbons (Fsp3) is 0.704. The van der Waals surface area contributed by atoms with Crippen molar-refractivity contribution < 1.29 is 32.6 Å². The first-order valence-electron chi connectivity index (χ1n) is 13.6. The molecule has 3 unspecified atom stereocenters. The van der Waals surface area contributed by atoms with Crippen LogP contribution in [0.4, 0.5) is 22.8 Å². The zero-order chi connectivity index (χ0) is 27.5. The fourth-order valence-corrected chi connectivity index (χ4v) is 5.71. The predicted octanol–water partition coefficient (Wildman–Crippen LogP) is 5.01. The van der Waals surface area contributed by atoms with Gasteiger partial charge in [-0.05, 0) is 49.9 Å². The second-order valence-corrected chi connectivity index (χ2v) is 10.4. The van der Waals surface area contributed by atoms with E-state index in [0.29, 0.717) is 44.0 Å². The monoisotopic (exact) mass is 542 g/mol. The number of likely N-dealkylation sites (tertiary alicyclic amines) is 1. The van der Waals surface area contributed by atoms with Crippen LogP contribution in [-0.4, -0.2) is 68.0 Å². The number of urea groups is 1. The molecule has 8 nitrogen and oxygen atoms in total. The number of rotatable bonds is 11. The minimum Gasteiger partial charge on any atom is -0.465 e. The average molecular weight is 543 g/mol. The molecule has 214 valence electrons. The number of ether oxygens (including phenoxy) is 1. The fourth-order valence-electron chi connectivity index (χ4n) is 5.71. The number of carbonyl (C=O) groups excluding carboxylic acids is 1. The van der Waals surface area contributed by atoms with Gasteiger partial charge in [0.1, 0.15) is 0 Å². The Hall–Kier alpha value is -2.53. The van der Waals surface area contributed by atoms with Crippen LogP contribution in [0.25, 0.3) is 0 Å². The number of carboxylic acid groups (broad SMARTS) is 1. The van der Waals surface area contributed by atoms with Crippen LogP contribution in [0.3, 0.4) is 0 Å². The van der Waals surface area contributed by atoms with Gasteiger partial charge in [-0.2, -0.15) is 13.2 Å². The van der Waals surface area contributed by atoms with E-state index >= 15 is 0 Å². The summed E-state index contributed by atoms with van der Waals surface area (Å²) < 4.78 is 46.2. The number of nitrogens with zero attached hydrogens (tertiary/aromatic N) is 1. The van der Waals surface area contributed by atoms with E-state index in [2.05, 4.69) is 16.0 Å². The molecule has 1 aromatic carbocycles. The van der Waals surface area contributed by atoms with Gasteiger partial charge in [0, 0.05) is 38.1 Å². The number of likely N-dealkylation sites (N-methyl/N-ethyl adjacent to an activating group) is 1. The molecule has 0 bridgehead atoms. The Morgan fingerprint density at radius 2 is 1.92 bits per heavy atom. The molecule has 1 heterocycles. The Morgan fingerprint density at radius 1 is 1.16 bits per heavy atom. The van der Waals surface area contributed by atoms with Gasteiger partial charge in [0.2, 0.25) is 0 Å². The lowest BCUT2D eigenvalue weighted by molar-refractivity contribution is -0.137. The highest BCUT2D eigenvalue weighted by molar-refractivity contribution is 5.74. The molecule has 2 fully saturated rings. The summed E-state index contributed by atoms with van der Waals surface area (Å²) in [4.78, 5) is 25.8. The Kier molecular flexibility index (Phi) is 11.5. The largest absolute Gasteiger partial charge is 0.465 e. The molecule has 0 spiro atoms. The van der Waals surface area contributed by atoms with Crippen molar-refractivity contribution in [1.29, 1.82) is 0 Å². The van der Waals surface area contributed by atoms with Crippen LogP contribution in [0.1, 0.15) is 68.6 Å². The maximum Gasteiger partial charge on any atom is 0.416 e. The third-order valence-corrected chi connectivity index (χ3v) is 7.51. The molecule has 4 N–H and O–H groups in total. The van der Waals surface area contributed by atoms with Crippen LogP contribution in [-0.2, 0) is 10.9 Å². The molecule has 0 radical (unpaired) electrons. The molecule has 1 aromatic rings. The van der Waals surface area contributed by atoms with Crippen LogP contribution >= 0.6 is 0 Å². The van der Waals surface area contributed by atoms with Crippen molar-refractivity contribution in [2.45, 2.75) is 69.7 Å². The number of halogens is 3. The molecule has 2 aliphatic rings. The molecule has 1 aliphatic carbocycles. The lowest BCUT2D eigenvalue weighted by Gasteiger charge is -2.38. The highest BCUT2D eigenvalue weighted by Crippen LogP contribution is 2.36. The lowest BCUT2D eigenvalue weighted by atomic mass is 9.85. The predicted molar refractivity (Wildman–Crippen MR) is 138 cm³/mol. The first-order chi connectivity index (χ1) is 18.2. The quantitative estimate of drug-likeness (QED) is 0.295. The Balaban J connectivity index is 1.69. The maximum absolute atomic E-state index is 13.4. The van der Waals surface area contributed by atoms with Crippen molar-refractivity contribution in [1.82, 2.24) is 20.9 Å². The number of alkyl halides is 3. The van der Waals surface area contributed by atoms with Gasteiger partial charge in [0.15, 0.2) is 0 Å². The van der Waals surface area contributed by atoms with Gasteiger partial charge in [-0.3, -0.25) is 0 Å². The molecule has 1 saturated carbocycles. The van der Waals surface area contributed by atoms with Crippen LogP contribution in [0.15, 0.2) is 24.3 Å². The number of piperidine rings is 1. The highest BCUT2D eigenvalue weighted by atomic mass is 19.4. The minimum absolute atomic E-state index is 0.00153. The van der Waals surface area contributed by atoms with E-state index in [0.717, 1.165) is 18.6 Å². The molecule has 11 heteroatoms. The zero-order valence-corrected chi connectivity index (χ0v) is 22.1. The standard InChI is InChI=1S/C27H41F3N4O4/c1-31-17-23(15-19-7-3-2-4-8-19)33-25(35)34-13-6-10-21(18-34)24(38-14-12-32-26(36)37)20-9-5-11-22(16-20)27(28,29)30/h5,9,11,16,19,21,23-24,31-32H,2-4,6-8,10,12-15,17-18H2,1H3,(H,33,35)(H,36,37). The second kappa shape index (κ2) is 14.6. The molecule has 38 heavy (non-hydrogen) atoms. The van der Waals surface area contributed by atoms with Crippen molar-refractivity contribution in [3.8, 4) is 0 Å². The molecule has 3 atom stereocenters. The smallest absolute Gasteiger partial charge is 0.416 e. The molecule has 1 saturated heterocycles. The molecule has 3 rings (SSSR count). The number of carbonyl (C=O) groups is 2. The molecule has 0 aromatic heterocycles. The molecular formula is C27H41F3N4O4. The van der Waals surface area contributed by atoms with E-state index < -0.39 is 23.9 Å². The van der Waals surface area contributed by atoms with Gasteiger partial charge >= 0.3 is 18.3 Å². The summed E-state index contributed by atoms with van der Waals surface area (Å²) >= 11 is 0. The van der Waals surface area contributed by atoms with Crippen LogP contribution in [0.2, 0.25) is 0 Å². The molecular weight excluding hydrogens is 501 g/mol. The van der Waals surface area contributed by atoms with Crippen molar-refractivity contribution in [3.63, 3.8) is 0 Å². The number of hydrogen-bond donors (Lipinski definition) is 4. The summed E-state index contributed by atoms with van der Waals surface area (Å²) in [6.07, 6.45) is 2.02. The summed E-state index contributed by atoms with van der Waals surface area (Å²) in [5.74, 6) is 0.374. The topological polar surface area (TPSA) is 103 Å². The number of hydrogen-bond acceptors (Lipinski definition) is 4. The molecule has 3 amide bonds. The summed E-state index contributed by atoms with van der Waals surface area (Å²) in [5, 5.41) is 17.4. The average Bonchev–Trinajstić information content (AvgIpc) is 2.89. The minimum atomic E-state index is -4.50. The van der Waals surface area contributed by atoms with Gasteiger partial charge in [0.05, 0.1) is 18.3 Å². The van der Waals surface area contributed by atoms with Crippen molar-refractivity contribution in [2.24, 2.45) is 11.8 Å². The second-order valence-electron chi connectivity index (χ2n) is 10.4. The third-order valence-electron chi connectivity index (χ3n) is 7.51. The Morgan fingerprint density at radius 3 is 2.61 bits per heavy atom. The lowest BCUT2D eigenvalue weighted by Crippen LogP contribution is -2.52. The van der Waals surface area contributed by atoms with Gasteiger partial charge < -0.3 is 30.7 Å². The first-order valence-corrected chi connectivity index (χ1v) is 13.6. The SMILES string of the molecule is CNCC(CC1CCCCC1)NC(=O)N1CCCC(C(OCCNC(=O)O)c2cccc(C(F)(F)F)c2)C1. The Bertz CT molecular complexity index is 895. The van der Waals surface area contributed by atoms with Crippen molar-refractivity contribution >= 4 is 12.1 Å². The normalized spacial score (nSPS) is 20.5. The number of nitrogens with one attached hydrogen (secondary N) is 3. The van der Waals surface area contributed by atoms with E-state index in [1.165, 1.54) is 38.2 Å². The van der Waals surface area contributed by atoms with Crippen LogP contribution in [0.5, 0.6) is 0 Å². The van der Waals surface area contributed by atoms with Crippen LogP contribution in [0, 0.1) is 11.8 Å². The van der Waals surface area contributed by atoms with Gasteiger partial charge in [0.25, 0.3) is 0 Å². The highest BCUT2D eigenvalue weighted by Gasteiger charge is 2.35. The first kappa shape index (κ1) is 30.0. The van der Waals surface area contributed by atoms with E-state index in [9.17, 15) is 22.8 Å². The Labute approximate surface area is 222 Å². The number of benzene rings is 1. The van der Waals surface area contributed by atoms with Gasteiger partial charge in [-0.1, -0.05) is 44.2 Å². The molecule has 1 aliphatic heterocycles. The number of amides is 3. The van der Waals surface area contributed by atoms with E-state index in [1.807, 2.05) is 7.05 Å². The van der Waals surface area contributed by atoms with Gasteiger partial charge in [-0.15, -0.1) is 0 Å². The van der Waals surface area contributed by atoms with Crippen molar-refractivity contribution in [3.05, 3.63) is 35.4 Å². The maximum atomic E-state index is 13.4. The summed E-state index contributed by atoms with van der Waals surface area (Å²) in [6.45, 7) is 1.59. The summed E-state index contributed by atoms with van der Waals surface area (Å²) in [7, 11) is 1.87. The van der Waals surface area contributed by atoms with E-state index in [4.69, 9.17) is 9.84 Å². The summed E-state index contributed by atoms with van der Waals surface area (Å²) in [6, 6.07) is 4.89. The van der Waals surface area contributed by atoms with Gasteiger partial charge in [-0.25, -0.2) is 9.59 Å². The third kappa shape index (κ3) is 9.34. The van der Waals surface area contributed by atoms with Crippen molar-refractivity contribution in [2.75, 3.05) is 39.8 Å². The van der Waals surface area contributed by atoms with Crippen LogP contribution < -0.4 is 16.0 Å². The summed E-state index contributed by atoms with van der Waals surface area (Å²) in [5.41, 5.74) is -0.400. The van der Waals surface area contributed by atoms with E-state index in [-0.39, 0.29) is 31.1 Å².